The van der Waals surface area contributed by atoms with Crippen LogP contribution in [0.25, 0.3) is 0 Å². The fourth-order valence-corrected chi connectivity index (χ4v) is 3.46. The second-order valence-electron chi connectivity index (χ2n) is 8.33. The van der Waals surface area contributed by atoms with Crippen LogP contribution in [0.5, 0.6) is 0 Å². The summed E-state index contributed by atoms with van der Waals surface area (Å²) >= 11 is 0. The number of nitrogens with one attached hydrogen (secondary N) is 1. The molecule has 0 spiro atoms. The predicted octanol–water partition coefficient (Wildman–Crippen LogP) is 0.489. The highest BCUT2D eigenvalue weighted by Crippen LogP contribution is 2.08. The molecule has 11 nitrogen and oxygen atoms in total. The summed E-state index contributed by atoms with van der Waals surface area (Å²) in [5.74, 6) is -0.627. The van der Waals surface area contributed by atoms with E-state index < -0.39 is 18.2 Å². The van der Waals surface area contributed by atoms with Gasteiger partial charge in [0, 0.05) is 6.54 Å². The van der Waals surface area contributed by atoms with Crippen LogP contribution >= 0.6 is 0 Å². The molecule has 0 aliphatic heterocycles. The maximum Gasteiger partial charge on any atom is 0.505 e. The van der Waals surface area contributed by atoms with Crippen molar-refractivity contribution < 1.29 is 24.2 Å². The molecule has 0 aromatic rings. The Kier molecular flexibility index (Phi) is 19.4. The van der Waals surface area contributed by atoms with Gasteiger partial charge in [0.05, 0.1) is 18.6 Å². The van der Waals surface area contributed by atoms with Crippen molar-refractivity contribution in [3.63, 3.8) is 0 Å². The third-order valence-corrected chi connectivity index (χ3v) is 5.34. The standard InChI is InChI=1S/C22H46N6O5/c23-12-6-2-1-3-9-15-28(21(30)19(26)11-5-8-14-25)16-20(29)27-18(10-4-7-13-24)17-33-22(31)32/h18-19H,1-17,23-26H2,(H,27,29)(H,31,32)/t18-,19+/m1/s1. The first-order valence-electron chi connectivity index (χ1n) is 12.1. The highest BCUT2D eigenvalue weighted by Gasteiger charge is 2.24. The van der Waals surface area contributed by atoms with E-state index in [0.29, 0.717) is 39.0 Å². The van der Waals surface area contributed by atoms with Crippen LogP contribution in [0.4, 0.5) is 4.79 Å². The van der Waals surface area contributed by atoms with Crippen molar-refractivity contribution in [2.45, 2.75) is 82.7 Å². The van der Waals surface area contributed by atoms with Gasteiger partial charge in [0.15, 0.2) is 0 Å². The first kappa shape index (κ1) is 31.0. The highest BCUT2D eigenvalue weighted by atomic mass is 16.7. The van der Waals surface area contributed by atoms with Gasteiger partial charge in [-0.25, -0.2) is 4.79 Å². The van der Waals surface area contributed by atoms with Gasteiger partial charge in [0.2, 0.25) is 11.8 Å². The van der Waals surface area contributed by atoms with E-state index in [2.05, 4.69) is 10.1 Å². The van der Waals surface area contributed by atoms with Gasteiger partial charge >= 0.3 is 6.16 Å². The number of unbranched alkanes of at least 4 members (excludes halogenated alkanes) is 6. The molecule has 0 fully saturated rings. The minimum absolute atomic E-state index is 0.132. The summed E-state index contributed by atoms with van der Waals surface area (Å²) in [4.78, 5) is 37.9. The van der Waals surface area contributed by atoms with Crippen molar-refractivity contribution in [1.29, 1.82) is 0 Å². The zero-order valence-corrected chi connectivity index (χ0v) is 20.0. The van der Waals surface area contributed by atoms with Gasteiger partial charge < -0.3 is 43.0 Å². The number of carboxylic acid groups (broad SMARTS) is 1. The van der Waals surface area contributed by atoms with Crippen LogP contribution < -0.4 is 28.3 Å². The topological polar surface area (TPSA) is 200 Å². The molecule has 33 heavy (non-hydrogen) atoms. The molecule has 0 rings (SSSR count). The SMILES string of the molecule is NCCCCCCCN(CC(=O)N[C@H](CCCCN)COC(=O)O)C(=O)[C@@H](N)CCCCN. The summed E-state index contributed by atoms with van der Waals surface area (Å²) in [6.07, 6.45) is 7.39. The van der Waals surface area contributed by atoms with Crippen molar-refractivity contribution in [2.24, 2.45) is 22.9 Å². The first-order valence-corrected chi connectivity index (χ1v) is 12.1. The molecule has 0 bridgehead atoms. The lowest BCUT2D eigenvalue weighted by atomic mass is 10.1. The lowest BCUT2D eigenvalue weighted by Gasteiger charge is -2.27. The van der Waals surface area contributed by atoms with E-state index in [1.54, 1.807) is 0 Å². The summed E-state index contributed by atoms with van der Waals surface area (Å²) in [6, 6.07) is -1.16. The number of hydrogen-bond acceptors (Lipinski definition) is 8. The van der Waals surface area contributed by atoms with E-state index in [-0.39, 0.29) is 25.0 Å². The molecule has 11 heteroatoms. The number of amides is 2. The Morgan fingerprint density at radius 1 is 0.818 bits per heavy atom. The third kappa shape index (κ3) is 17.2. The summed E-state index contributed by atoms with van der Waals surface area (Å²) in [7, 11) is 0. The Bertz CT molecular complexity index is 537. The van der Waals surface area contributed by atoms with Gasteiger partial charge in [-0.1, -0.05) is 32.1 Å². The maximum atomic E-state index is 12.9. The van der Waals surface area contributed by atoms with Crippen LogP contribution in [-0.4, -0.2) is 79.4 Å². The summed E-state index contributed by atoms with van der Waals surface area (Å²) in [5, 5.41) is 11.6. The van der Waals surface area contributed by atoms with Crippen LogP contribution in [0.3, 0.4) is 0 Å². The molecule has 2 atom stereocenters. The second kappa shape index (κ2) is 20.6. The predicted molar refractivity (Wildman–Crippen MR) is 128 cm³/mol. The Labute approximate surface area is 197 Å². The van der Waals surface area contributed by atoms with Crippen LogP contribution in [0.1, 0.15) is 70.6 Å². The Morgan fingerprint density at radius 3 is 1.97 bits per heavy atom. The molecule has 0 saturated carbocycles. The maximum absolute atomic E-state index is 12.9. The third-order valence-electron chi connectivity index (χ3n) is 5.34. The Balaban J connectivity index is 4.93. The lowest BCUT2D eigenvalue weighted by molar-refractivity contribution is -0.137. The zero-order chi connectivity index (χ0) is 24.9. The fraction of sp³-hybridized carbons (Fsp3) is 0.864. The average molecular weight is 475 g/mol. The van der Waals surface area contributed by atoms with Gasteiger partial charge in [0.25, 0.3) is 0 Å². The number of nitrogens with two attached hydrogens (primary N) is 4. The molecule has 0 unspecified atom stereocenters. The van der Waals surface area contributed by atoms with Crippen molar-refractivity contribution >= 4 is 18.0 Å². The zero-order valence-electron chi connectivity index (χ0n) is 20.0. The number of nitrogens with zero attached hydrogens (tertiary/aromatic N) is 1. The number of ether oxygens (including phenoxy) is 1. The molecule has 0 radical (unpaired) electrons. The minimum Gasteiger partial charge on any atom is -0.450 e. The smallest absolute Gasteiger partial charge is 0.450 e. The normalized spacial score (nSPS) is 12.7. The molecule has 194 valence electrons. The molecule has 0 aliphatic carbocycles. The van der Waals surface area contributed by atoms with E-state index in [1.165, 1.54) is 4.90 Å². The van der Waals surface area contributed by atoms with Crippen molar-refractivity contribution in [1.82, 2.24) is 10.2 Å². The van der Waals surface area contributed by atoms with Crippen LogP contribution in [0.2, 0.25) is 0 Å². The molecule has 0 heterocycles. The number of carbonyl (C=O) groups is 3. The lowest BCUT2D eigenvalue weighted by Crippen LogP contribution is -2.50. The first-order chi connectivity index (χ1) is 15.8. The molecule has 0 aromatic heterocycles. The molecular formula is C22H46N6O5. The average Bonchev–Trinajstić information content (AvgIpc) is 2.78. The molecule has 0 saturated heterocycles. The van der Waals surface area contributed by atoms with Gasteiger partial charge in [-0.05, 0) is 58.2 Å². The van der Waals surface area contributed by atoms with E-state index in [0.717, 1.165) is 57.8 Å². The summed E-state index contributed by atoms with van der Waals surface area (Å²) < 4.78 is 4.64. The monoisotopic (exact) mass is 474 g/mol. The minimum atomic E-state index is -1.40. The number of hydrogen-bond donors (Lipinski definition) is 6. The van der Waals surface area contributed by atoms with Crippen molar-refractivity contribution in [2.75, 3.05) is 39.3 Å². The number of rotatable bonds is 21. The molecule has 0 aliphatic rings. The van der Waals surface area contributed by atoms with E-state index >= 15 is 0 Å². The van der Waals surface area contributed by atoms with Crippen molar-refractivity contribution in [3.8, 4) is 0 Å². The van der Waals surface area contributed by atoms with E-state index in [9.17, 15) is 14.4 Å². The van der Waals surface area contributed by atoms with Crippen molar-refractivity contribution in [3.05, 3.63) is 0 Å². The molecular weight excluding hydrogens is 428 g/mol. The van der Waals surface area contributed by atoms with Crippen LogP contribution in [0.15, 0.2) is 0 Å². The Morgan fingerprint density at radius 2 is 1.36 bits per heavy atom. The van der Waals surface area contributed by atoms with Crippen LogP contribution in [0, 0.1) is 0 Å². The molecule has 0 aromatic carbocycles. The highest BCUT2D eigenvalue weighted by molar-refractivity contribution is 5.87. The van der Waals surface area contributed by atoms with E-state index in [1.807, 2.05) is 0 Å². The summed E-state index contributed by atoms with van der Waals surface area (Å²) in [6.45, 7) is 1.87. The number of carbonyl (C=O) groups excluding carboxylic acids is 2. The molecule has 10 N–H and O–H groups in total. The van der Waals surface area contributed by atoms with Gasteiger partial charge in [-0.2, -0.15) is 0 Å². The van der Waals surface area contributed by atoms with Crippen LogP contribution in [-0.2, 0) is 14.3 Å². The molecule has 2 amide bonds. The largest absolute Gasteiger partial charge is 0.505 e. The fourth-order valence-electron chi connectivity index (χ4n) is 3.46. The quantitative estimate of drug-likeness (QED) is 0.101. The van der Waals surface area contributed by atoms with Gasteiger partial charge in [-0.3, -0.25) is 9.59 Å². The summed E-state index contributed by atoms with van der Waals surface area (Å²) in [5.41, 5.74) is 22.6. The van der Waals surface area contributed by atoms with Gasteiger partial charge in [-0.15, -0.1) is 0 Å². The Hall–Kier alpha value is -1.95. The van der Waals surface area contributed by atoms with E-state index in [4.69, 9.17) is 28.0 Å². The second-order valence-corrected chi connectivity index (χ2v) is 8.33. The van der Waals surface area contributed by atoms with Gasteiger partial charge in [0.1, 0.15) is 6.61 Å².